The molecular formula is C26H25NO2. The molecule has 1 aliphatic rings. The molecule has 4 rings (SSSR count). The standard InChI is InChI=1S/C26H25NO2/c1-27(17-20-6-4-3-5-7-20)18-21-10-8-19(9-11-21)14-23-15-22-16-24(29-2)12-13-25(22)26(23)28/h3-14,16H,15,17-18H2,1-2H3/b23-14+. The van der Waals surface area contributed by atoms with Gasteiger partial charge in [-0.2, -0.15) is 0 Å². The van der Waals surface area contributed by atoms with Crippen LogP contribution in [0.4, 0.5) is 0 Å². The second-order valence-corrected chi connectivity index (χ2v) is 7.60. The third-order valence-corrected chi connectivity index (χ3v) is 5.30. The molecule has 0 spiro atoms. The molecular weight excluding hydrogens is 358 g/mol. The monoisotopic (exact) mass is 383 g/mol. The molecule has 0 aromatic heterocycles. The zero-order chi connectivity index (χ0) is 20.2. The van der Waals surface area contributed by atoms with Crippen LogP contribution in [0.3, 0.4) is 0 Å². The number of allylic oxidation sites excluding steroid dienone is 1. The fraction of sp³-hybridized carbons (Fsp3) is 0.192. The van der Waals surface area contributed by atoms with Crippen LogP contribution in [0.2, 0.25) is 0 Å². The quantitative estimate of drug-likeness (QED) is 0.551. The maximum absolute atomic E-state index is 12.7. The number of fused-ring (bicyclic) bond motifs is 1. The zero-order valence-corrected chi connectivity index (χ0v) is 16.9. The lowest BCUT2D eigenvalue weighted by Gasteiger charge is -2.17. The van der Waals surface area contributed by atoms with Crippen molar-refractivity contribution in [3.63, 3.8) is 0 Å². The van der Waals surface area contributed by atoms with E-state index in [1.165, 1.54) is 11.1 Å². The van der Waals surface area contributed by atoms with Crippen molar-refractivity contribution in [2.45, 2.75) is 19.5 Å². The number of ether oxygens (including phenoxy) is 1. The first kappa shape index (κ1) is 19.2. The Kier molecular flexibility index (Phi) is 5.59. The second-order valence-electron chi connectivity index (χ2n) is 7.60. The summed E-state index contributed by atoms with van der Waals surface area (Å²) in [5, 5.41) is 0. The van der Waals surface area contributed by atoms with Gasteiger partial charge < -0.3 is 4.74 Å². The molecule has 29 heavy (non-hydrogen) atoms. The number of nitrogens with zero attached hydrogens (tertiary/aromatic N) is 1. The van der Waals surface area contributed by atoms with Gasteiger partial charge >= 0.3 is 0 Å². The fourth-order valence-electron chi connectivity index (χ4n) is 3.82. The van der Waals surface area contributed by atoms with E-state index >= 15 is 0 Å². The Morgan fingerprint density at radius 1 is 0.931 bits per heavy atom. The summed E-state index contributed by atoms with van der Waals surface area (Å²) < 4.78 is 5.28. The van der Waals surface area contributed by atoms with Crippen LogP contribution in [0.15, 0.2) is 78.4 Å². The molecule has 0 amide bonds. The van der Waals surface area contributed by atoms with E-state index in [0.717, 1.165) is 41.1 Å². The van der Waals surface area contributed by atoms with Crippen molar-refractivity contribution in [1.82, 2.24) is 4.90 Å². The first-order valence-electron chi connectivity index (χ1n) is 9.86. The highest BCUT2D eigenvalue weighted by atomic mass is 16.5. The highest BCUT2D eigenvalue weighted by Crippen LogP contribution is 2.30. The van der Waals surface area contributed by atoms with Crippen LogP contribution in [0.1, 0.15) is 32.6 Å². The molecule has 3 heteroatoms. The van der Waals surface area contributed by atoms with E-state index in [-0.39, 0.29) is 5.78 Å². The summed E-state index contributed by atoms with van der Waals surface area (Å²) in [7, 11) is 3.78. The fourth-order valence-corrected chi connectivity index (χ4v) is 3.82. The Morgan fingerprint density at radius 3 is 2.31 bits per heavy atom. The van der Waals surface area contributed by atoms with Gasteiger partial charge in [0.15, 0.2) is 5.78 Å². The molecule has 0 atom stereocenters. The second kappa shape index (κ2) is 8.46. The van der Waals surface area contributed by atoms with Crippen molar-refractivity contribution in [3.05, 3.63) is 106 Å². The van der Waals surface area contributed by atoms with E-state index in [4.69, 9.17) is 4.74 Å². The summed E-state index contributed by atoms with van der Waals surface area (Å²) in [6, 6.07) is 24.6. The molecule has 0 heterocycles. The summed E-state index contributed by atoms with van der Waals surface area (Å²) in [6.07, 6.45) is 2.67. The van der Waals surface area contributed by atoms with E-state index in [1.807, 2.05) is 30.3 Å². The van der Waals surface area contributed by atoms with Crippen molar-refractivity contribution < 1.29 is 9.53 Å². The summed E-state index contributed by atoms with van der Waals surface area (Å²) in [5.74, 6) is 0.913. The Morgan fingerprint density at radius 2 is 1.62 bits per heavy atom. The molecule has 0 aliphatic heterocycles. The smallest absolute Gasteiger partial charge is 0.189 e. The van der Waals surface area contributed by atoms with Gasteiger partial charge in [-0.05, 0) is 53.6 Å². The molecule has 0 fully saturated rings. The van der Waals surface area contributed by atoms with Gasteiger partial charge in [0.25, 0.3) is 0 Å². The van der Waals surface area contributed by atoms with Crippen LogP contribution >= 0.6 is 0 Å². The summed E-state index contributed by atoms with van der Waals surface area (Å²) in [6.45, 7) is 1.80. The van der Waals surface area contributed by atoms with Crippen molar-refractivity contribution in [2.75, 3.05) is 14.2 Å². The number of benzene rings is 3. The third kappa shape index (κ3) is 4.47. The maximum Gasteiger partial charge on any atom is 0.189 e. The van der Waals surface area contributed by atoms with Gasteiger partial charge in [0.1, 0.15) is 5.75 Å². The van der Waals surface area contributed by atoms with Crippen LogP contribution in [0, 0.1) is 0 Å². The van der Waals surface area contributed by atoms with Crippen LogP contribution in [0.5, 0.6) is 5.75 Å². The molecule has 3 nitrogen and oxygen atoms in total. The lowest BCUT2D eigenvalue weighted by molar-refractivity contribution is 0.104. The lowest BCUT2D eigenvalue weighted by atomic mass is 10.1. The predicted molar refractivity (Wildman–Crippen MR) is 117 cm³/mol. The minimum Gasteiger partial charge on any atom is -0.497 e. The van der Waals surface area contributed by atoms with Crippen LogP contribution < -0.4 is 4.74 Å². The highest BCUT2D eigenvalue weighted by molar-refractivity contribution is 6.15. The molecule has 0 saturated carbocycles. The zero-order valence-electron chi connectivity index (χ0n) is 16.9. The van der Waals surface area contributed by atoms with Crippen LogP contribution in [-0.2, 0) is 19.5 Å². The van der Waals surface area contributed by atoms with Gasteiger partial charge in [0.2, 0.25) is 0 Å². The van der Waals surface area contributed by atoms with Crippen molar-refractivity contribution in [1.29, 1.82) is 0 Å². The SMILES string of the molecule is COc1ccc2c(c1)C/C(=C\c1ccc(CN(C)Cc3ccccc3)cc1)C2=O. The molecule has 0 radical (unpaired) electrons. The van der Waals surface area contributed by atoms with Gasteiger partial charge in [0.05, 0.1) is 7.11 Å². The third-order valence-electron chi connectivity index (χ3n) is 5.30. The first-order chi connectivity index (χ1) is 14.1. The number of carbonyl (C=O) groups excluding carboxylic acids is 1. The average Bonchev–Trinajstić information content (AvgIpc) is 3.04. The number of carbonyl (C=O) groups is 1. The molecule has 0 unspecified atom stereocenters. The summed E-state index contributed by atoms with van der Waals surface area (Å²) >= 11 is 0. The minimum absolute atomic E-state index is 0.120. The highest BCUT2D eigenvalue weighted by Gasteiger charge is 2.25. The molecule has 3 aromatic rings. The van der Waals surface area contributed by atoms with Crippen LogP contribution in [0.25, 0.3) is 6.08 Å². The van der Waals surface area contributed by atoms with Crippen molar-refractivity contribution in [2.24, 2.45) is 0 Å². The average molecular weight is 383 g/mol. The normalized spacial score (nSPS) is 14.4. The lowest BCUT2D eigenvalue weighted by Crippen LogP contribution is -2.17. The van der Waals surface area contributed by atoms with E-state index < -0.39 is 0 Å². The Bertz CT molecular complexity index is 1040. The largest absolute Gasteiger partial charge is 0.497 e. The Balaban J connectivity index is 1.42. The summed E-state index contributed by atoms with van der Waals surface area (Å²) in [4.78, 5) is 15.0. The number of ketones is 1. The maximum atomic E-state index is 12.7. The molecule has 0 N–H and O–H groups in total. The number of rotatable bonds is 6. The first-order valence-corrected chi connectivity index (χ1v) is 9.86. The molecule has 0 bridgehead atoms. The molecule has 3 aromatic carbocycles. The Labute approximate surface area is 172 Å². The van der Waals surface area contributed by atoms with Crippen LogP contribution in [-0.4, -0.2) is 24.8 Å². The van der Waals surface area contributed by atoms with E-state index in [1.54, 1.807) is 7.11 Å². The summed E-state index contributed by atoms with van der Waals surface area (Å²) in [5.41, 5.74) is 6.30. The van der Waals surface area contributed by atoms with Gasteiger partial charge in [-0.3, -0.25) is 9.69 Å². The number of Topliss-reactive ketones (excluding diaryl/α,β-unsaturated/α-hetero) is 1. The molecule has 0 saturated heterocycles. The van der Waals surface area contributed by atoms with Crippen molar-refractivity contribution in [3.8, 4) is 5.75 Å². The van der Waals surface area contributed by atoms with Gasteiger partial charge in [-0.25, -0.2) is 0 Å². The minimum atomic E-state index is 0.120. The Hall–Kier alpha value is -3.17. The predicted octanol–water partition coefficient (Wildman–Crippen LogP) is 5.15. The number of hydrogen-bond acceptors (Lipinski definition) is 3. The molecule has 1 aliphatic carbocycles. The van der Waals surface area contributed by atoms with E-state index in [0.29, 0.717) is 6.42 Å². The van der Waals surface area contributed by atoms with Gasteiger partial charge in [-0.1, -0.05) is 54.6 Å². The topological polar surface area (TPSA) is 29.5 Å². The molecule has 146 valence electrons. The van der Waals surface area contributed by atoms with Crippen molar-refractivity contribution >= 4 is 11.9 Å². The number of methoxy groups -OCH3 is 1. The van der Waals surface area contributed by atoms with Gasteiger partial charge in [0, 0.05) is 30.6 Å². The number of hydrogen-bond donors (Lipinski definition) is 0. The van der Waals surface area contributed by atoms with E-state index in [9.17, 15) is 4.79 Å². The van der Waals surface area contributed by atoms with E-state index in [2.05, 4.69) is 60.5 Å². The van der Waals surface area contributed by atoms with Gasteiger partial charge in [-0.15, -0.1) is 0 Å².